The van der Waals surface area contributed by atoms with Gasteiger partial charge in [-0.2, -0.15) is 18.2 Å². The Bertz CT molecular complexity index is 229. The van der Waals surface area contributed by atoms with E-state index in [0.29, 0.717) is 5.01 Å². The Morgan fingerprint density at radius 3 is 2.33 bits per heavy atom. The normalized spacial score (nSPS) is 31.7. The molecule has 3 nitrogen and oxygen atoms in total. The highest BCUT2D eigenvalue weighted by molar-refractivity contribution is 6.30. The third-order valence-corrected chi connectivity index (χ3v) is 1.97. The van der Waals surface area contributed by atoms with Gasteiger partial charge >= 0.3 is 6.18 Å². The number of hydrogen-bond acceptors (Lipinski definition) is 3. The SMILES string of the molecule is CN1NC=C(Cl)C1(O)C(F)(F)F. The Labute approximate surface area is 71.4 Å². The molecule has 0 radical (unpaired) electrons. The first kappa shape index (κ1) is 9.63. The number of hydrazine groups is 1. The van der Waals surface area contributed by atoms with Gasteiger partial charge in [0.15, 0.2) is 0 Å². The van der Waals surface area contributed by atoms with E-state index in [0.717, 1.165) is 13.2 Å². The van der Waals surface area contributed by atoms with Crippen molar-refractivity contribution in [1.29, 1.82) is 0 Å². The average molecular weight is 203 g/mol. The van der Waals surface area contributed by atoms with Crippen LogP contribution in [0.3, 0.4) is 0 Å². The average Bonchev–Trinajstić information content (AvgIpc) is 2.16. The van der Waals surface area contributed by atoms with Crippen LogP contribution in [0.25, 0.3) is 0 Å². The first-order valence-electron chi connectivity index (χ1n) is 2.95. The number of likely N-dealkylation sites (N-methyl/N-ethyl adjacent to an activating group) is 1. The second-order valence-electron chi connectivity index (χ2n) is 2.35. The summed E-state index contributed by atoms with van der Waals surface area (Å²) in [5.74, 6) is 0. The van der Waals surface area contributed by atoms with Crippen LogP contribution in [0.4, 0.5) is 13.2 Å². The van der Waals surface area contributed by atoms with Crippen molar-refractivity contribution < 1.29 is 18.3 Å². The van der Waals surface area contributed by atoms with Gasteiger partial charge in [-0.1, -0.05) is 11.6 Å². The van der Waals surface area contributed by atoms with Gasteiger partial charge in [0.25, 0.3) is 5.72 Å². The van der Waals surface area contributed by atoms with E-state index in [4.69, 9.17) is 16.7 Å². The molecule has 70 valence electrons. The molecule has 1 heterocycles. The summed E-state index contributed by atoms with van der Waals surface area (Å²) >= 11 is 5.19. The van der Waals surface area contributed by atoms with Crippen LogP contribution in [-0.2, 0) is 0 Å². The molecule has 0 aliphatic carbocycles. The minimum Gasteiger partial charge on any atom is -0.362 e. The lowest BCUT2D eigenvalue weighted by atomic mass is 10.2. The number of aliphatic hydroxyl groups is 1. The predicted octanol–water partition coefficient (Wildman–Crippen LogP) is 0.768. The van der Waals surface area contributed by atoms with Crippen molar-refractivity contribution >= 4 is 11.6 Å². The summed E-state index contributed by atoms with van der Waals surface area (Å²) in [6, 6.07) is 0. The molecular weight excluding hydrogens is 197 g/mol. The molecule has 0 bridgehead atoms. The zero-order chi connectivity index (χ0) is 9.57. The largest absolute Gasteiger partial charge is 0.438 e. The van der Waals surface area contributed by atoms with E-state index in [1.165, 1.54) is 0 Å². The molecule has 12 heavy (non-hydrogen) atoms. The topological polar surface area (TPSA) is 35.5 Å². The van der Waals surface area contributed by atoms with Crippen LogP contribution >= 0.6 is 11.6 Å². The zero-order valence-corrected chi connectivity index (χ0v) is 6.74. The lowest BCUT2D eigenvalue weighted by Crippen LogP contribution is -2.57. The molecule has 0 amide bonds. The number of nitrogens with zero attached hydrogens (tertiary/aromatic N) is 1. The number of halogens is 4. The van der Waals surface area contributed by atoms with Crippen molar-refractivity contribution in [1.82, 2.24) is 10.4 Å². The van der Waals surface area contributed by atoms with Crippen molar-refractivity contribution in [2.75, 3.05) is 7.05 Å². The van der Waals surface area contributed by atoms with Gasteiger partial charge in [0, 0.05) is 13.2 Å². The summed E-state index contributed by atoms with van der Waals surface area (Å²) in [6.07, 6.45) is -3.94. The predicted molar refractivity (Wildman–Crippen MR) is 35.8 cm³/mol. The van der Waals surface area contributed by atoms with Gasteiger partial charge in [0.05, 0.1) is 5.03 Å². The maximum absolute atomic E-state index is 12.2. The van der Waals surface area contributed by atoms with E-state index in [9.17, 15) is 13.2 Å². The van der Waals surface area contributed by atoms with Crippen molar-refractivity contribution in [3.05, 3.63) is 11.2 Å². The lowest BCUT2D eigenvalue weighted by molar-refractivity contribution is -0.291. The standard InChI is InChI=1S/C5H6ClF3N2O/c1-11-4(12,5(7,8)9)3(6)2-10-11/h2,10,12H,1H3. The van der Waals surface area contributed by atoms with Crippen LogP contribution in [0.15, 0.2) is 11.2 Å². The summed E-state index contributed by atoms with van der Waals surface area (Å²) in [5, 5.41) is 8.89. The fourth-order valence-electron chi connectivity index (χ4n) is 0.833. The summed E-state index contributed by atoms with van der Waals surface area (Å²) in [5.41, 5.74) is -0.967. The molecule has 1 atom stereocenters. The molecular formula is C5H6ClF3N2O. The molecule has 0 aromatic carbocycles. The van der Waals surface area contributed by atoms with Crippen molar-refractivity contribution in [3.63, 3.8) is 0 Å². The van der Waals surface area contributed by atoms with E-state index in [2.05, 4.69) is 5.43 Å². The maximum Gasteiger partial charge on any atom is 0.438 e. The molecule has 2 N–H and O–H groups in total. The van der Waals surface area contributed by atoms with Crippen LogP contribution in [0.2, 0.25) is 0 Å². The van der Waals surface area contributed by atoms with Gasteiger partial charge in [0.1, 0.15) is 0 Å². The molecule has 0 spiro atoms. The summed E-state index contributed by atoms with van der Waals surface area (Å²) in [6.45, 7) is 0. The highest BCUT2D eigenvalue weighted by atomic mass is 35.5. The summed E-state index contributed by atoms with van der Waals surface area (Å²) in [7, 11) is 1.04. The molecule has 1 aliphatic heterocycles. The summed E-state index contributed by atoms with van der Waals surface area (Å²) in [4.78, 5) is 0. The quantitative estimate of drug-likeness (QED) is 0.609. The molecule has 0 saturated carbocycles. The van der Waals surface area contributed by atoms with Crippen LogP contribution in [0.1, 0.15) is 0 Å². The van der Waals surface area contributed by atoms with Gasteiger partial charge < -0.3 is 10.5 Å². The molecule has 0 aromatic heterocycles. The van der Waals surface area contributed by atoms with Crippen LogP contribution < -0.4 is 5.43 Å². The van der Waals surface area contributed by atoms with E-state index in [-0.39, 0.29) is 0 Å². The smallest absolute Gasteiger partial charge is 0.362 e. The van der Waals surface area contributed by atoms with Crippen molar-refractivity contribution in [2.45, 2.75) is 11.9 Å². The highest BCUT2D eigenvalue weighted by Gasteiger charge is 2.61. The van der Waals surface area contributed by atoms with Gasteiger partial charge in [-0.05, 0) is 0 Å². The first-order chi connectivity index (χ1) is 5.30. The van der Waals surface area contributed by atoms with Crippen LogP contribution in [0.5, 0.6) is 0 Å². The van der Waals surface area contributed by atoms with Crippen molar-refractivity contribution in [3.8, 4) is 0 Å². The Morgan fingerprint density at radius 1 is 1.67 bits per heavy atom. The van der Waals surface area contributed by atoms with Crippen LogP contribution in [-0.4, -0.2) is 29.1 Å². The second-order valence-corrected chi connectivity index (χ2v) is 2.76. The Morgan fingerprint density at radius 2 is 2.17 bits per heavy atom. The number of hydrogen-bond donors (Lipinski definition) is 2. The Hall–Kier alpha value is -0.460. The number of nitrogens with one attached hydrogen (secondary N) is 1. The van der Waals surface area contributed by atoms with E-state index < -0.39 is 16.9 Å². The fourth-order valence-corrected chi connectivity index (χ4v) is 1.12. The van der Waals surface area contributed by atoms with Gasteiger partial charge in [-0.3, -0.25) is 0 Å². The van der Waals surface area contributed by atoms with E-state index >= 15 is 0 Å². The first-order valence-corrected chi connectivity index (χ1v) is 3.33. The van der Waals surface area contributed by atoms with Gasteiger partial charge in [-0.25, -0.2) is 0 Å². The third kappa shape index (κ3) is 1.07. The van der Waals surface area contributed by atoms with Crippen molar-refractivity contribution in [2.24, 2.45) is 0 Å². The molecule has 1 rings (SSSR count). The summed E-state index contributed by atoms with van der Waals surface area (Å²) < 4.78 is 36.6. The molecule has 0 saturated heterocycles. The van der Waals surface area contributed by atoms with Gasteiger partial charge in [0.2, 0.25) is 0 Å². The molecule has 1 unspecified atom stereocenters. The Kier molecular flexibility index (Phi) is 2.02. The lowest BCUT2D eigenvalue weighted by Gasteiger charge is -2.32. The second kappa shape index (κ2) is 2.51. The van der Waals surface area contributed by atoms with Crippen LogP contribution in [0, 0.1) is 0 Å². The minimum atomic E-state index is -4.82. The molecule has 7 heteroatoms. The number of alkyl halides is 3. The molecule has 0 fully saturated rings. The zero-order valence-electron chi connectivity index (χ0n) is 5.98. The Balaban J connectivity index is 3.04. The molecule has 0 aromatic rings. The van der Waals surface area contributed by atoms with E-state index in [1.807, 2.05) is 0 Å². The third-order valence-electron chi connectivity index (χ3n) is 1.60. The van der Waals surface area contributed by atoms with E-state index in [1.54, 1.807) is 0 Å². The number of rotatable bonds is 0. The fraction of sp³-hybridized carbons (Fsp3) is 0.600. The van der Waals surface area contributed by atoms with Gasteiger partial charge in [-0.15, -0.1) is 0 Å². The highest BCUT2D eigenvalue weighted by Crippen LogP contribution is 2.41. The molecule has 1 aliphatic rings. The minimum absolute atomic E-state index is 0.481. The maximum atomic E-state index is 12.2. The monoisotopic (exact) mass is 202 g/mol.